The average molecular weight is 310 g/mol. The van der Waals surface area contributed by atoms with Crippen molar-refractivity contribution in [2.75, 3.05) is 66.1 Å². The maximum absolute atomic E-state index is 12.1. The second kappa shape index (κ2) is 6.42. The van der Waals surface area contributed by atoms with Gasteiger partial charge in [-0.15, -0.1) is 0 Å². The Labute approximate surface area is 131 Å². The second-order valence-corrected chi connectivity index (χ2v) is 6.79. The highest BCUT2D eigenvalue weighted by molar-refractivity contribution is 5.85. The van der Waals surface area contributed by atoms with E-state index in [9.17, 15) is 9.59 Å². The van der Waals surface area contributed by atoms with Gasteiger partial charge in [-0.25, -0.2) is 4.79 Å². The van der Waals surface area contributed by atoms with Crippen LogP contribution < -0.4 is 5.32 Å². The molecule has 1 aliphatic carbocycles. The summed E-state index contributed by atoms with van der Waals surface area (Å²) >= 11 is 0. The fourth-order valence-corrected chi connectivity index (χ4v) is 3.17. The van der Waals surface area contributed by atoms with E-state index < -0.39 is 0 Å². The van der Waals surface area contributed by atoms with Crippen molar-refractivity contribution in [2.24, 2.45) is 5.41 Å². The van der Waals surface area contributed by atoms with Crippen molar-refractivity contribution < 1.29 is 14.3 Å². The van der Waals surface area contributed by atoms with Crippen LogP contribution in [0.2, 0.25) is 0 Å². The maximum atomic E-state index is 12.1. The summed E-state index contributed by atoms with van der Waals surface area (Å²) in [7, 11) is 1.77. The monoisotopic (exact) mass is 310 g/mol. The third-order valence-electron chi connectivity index (χ3n) is 4.92. The van der Waals surface area contributed by atoms with Crippen LogP contribution in [0.1, 0.15) is 12.8 Å². The minimum atomic E-state index is -0.0513. The van der Waals surface area contributed by atoms with Gasteiger partial charge in [0, 0.05) is 51.7 Å². The molecule has 0 bridgehead atoms. The van der Waals surface area contributed by atoms with E-state index in [1.54, 1.807) is 16.8 Å². The molecule has 2 saturated heterocycles. The Morgan fingerprint density at radius 1 is 1.23 bits per heavy atom. The predicted octanol–water partition coefficient (Wildman–Crippen LogP) is -0.418. The first-order valence-electron chi connectivity index (χ1n) is 8.15. The Hall–Kier alpha value is -1.34. The van der Waals surface area contributed by atoms with E-state index in [2.05, 4.69) is 10.2 Å². The highest BCUT2D eigenvalue weighted by Gasteiger charge is 2.44. The molecule has 0 aromatic rings. The Morgan fingerprint density at radius 2 is 1.95 bits per heavy atom. The SMILES string of the molecule is CN1CCN(CC(=O)NCC2(CN3CCOCC3)CC2)C1=O. The van der Waals surface area contributed by atoms with Crippen molar-refractivity contribution >= 4 is 11.9 Å². The number of rotatable bonds is 6. The maximum Gasteiger partial charge on any atom is 0.320 e. The molecule has 22 heavy (non-hydrogen) atoms. The molecule has 0 spiro atoms. The number of carbonyl (C=O) groups excluding carboxylic acids is 2. The van der Waals surface area contributed by atoms with Crippen molar-refractivity contribution in [3.63, 3.8) is 0 Å². The number of ether oxygens (including phenoxy) is 1. The van der Waals surface area contributed by atoms with Crippen molar-refractivity contribution in [2.45, 2.75) is 12.8 Å². The Morgan fingerprint density at radius 3 is 2.55 bits per heavy atom. The second-order valence-electron chi connectivity index (χ2n) is 6.79. The van der Waals surface area contributed by atoms with Gasteiger partial charge < -0.3 is 19.9 Å². The zero-order valence-electron chi connectivity index (χ0n) is 13.3. The smallest absolute Gasteiger partial charge is 0.320 e. The standard InChI is InChI=1S/C15H26N4O3/c1-17-4-5-19(14(17)21)10-13(20)16-11-15(2-3-15)12-18-6-8-22-9-7-18/h2-12H2,1H3,(H,16,20). The lowest BCUT2D eigenvalue weighted by atomic mass is 10.1. The number of urea groups is 1. The Kier molecular flexibility index (Phi) is 4.54. The van der Waals surface area contributed by atoms with Gasteiger partial charge in [0.1, 0.15) is 6.54 Å². The van der Waals surface area contributed by atoms with Crippen LogP contribution in [0.5, 0.6) is 0 Å². The zero-order chi connectivity index (χ0) is 15.6. The van der Waals surface area contributed by atoms with E-state index in [0.29, 0.717) is 13.1 Å². The number of nitrogens with zero attached hydrogens (tertiary/aromatic N) is 3. The van der Waals surface area contributed by atoms with Crippen LogP contribution in [0, 0.1) is 5.41 Å². The summed E-state index contributed by atoms with van der Waals surface area (Å²) in [5, 5.41) is 3.03. The van der Waals surface area contributed by atoms with Crippen LogP contribution in [0.25, 0.3) is 0 Å². The lowest BCUT2D eigenvalue weighted by molar-refractivity contribution is -0.121. The van der Waals surface area contributed by atoms with Crippen LogP contribution in [0.4, 0.5) is 4.79 Å². The molecule has 3 aliphatic rings. The number of carbonyl (C=O) groups is 2. The molecule has 2 heterocycles. The first-order chi connectivity index (χ1) is 10.6. The van der Waals surface area contributed by atoms with E-state index in [4.69, 9.17) is 4.74 Å². The lowest BCUT2D eigenvalue weighted by Crippen LogP contribution is -2.45. The molecule has 124 valence electrons. The fraction of sp³-hybridized carbons (Fsp3) is 0.867. The van der Waals surface area contributed by atoms with Crippen LogP contribution in [0.15, 0.2) is 0 Å². The van der Waals surface area contributed by atoms with Crippen LogP contribution in [0.3, 0.4) is 0 Å². The third kappa shape index (κ3) is 3.70. The molecule has 0 atom stereocenters. The summed E-state index contributed by atoms with van der Waals surface area (Å²) < 4.78 is 5.37. The number of likely N-dealkylation sites (N-methyl/N-ethyl adjacent to an activating group) is 1. The highest BCUT2D eigenvalue weighted by Crippen LogP contribution is 2.45. The third-order valence-corrected chi connectivity index (χ3v) is 4.92. The number of hydrogen-bond acceptors (Lipinski definition) is 4. The van der Waals surface area contributed by atoms with Crippen molar-refractivity contribution in [3.05, 3.63) is 0 Å². The molecule has 0 aromatic heterocycles. The fourth-order valence-electron chi connectivity index (χ4n) is 3.17. The Bertz CT molecular complexity index is 433. The van der Waals surface area contributed by atoms with Crippen molar-refractivity contribution in [1.82, 2.24) is 20.0 Å². The van der Waals surface area contributed by atoms with Crippen LogP contribution in [-0.4, -0.2) is 92.7 Å². The van der Waals surface area contributed by atoms with Gasteiger partial charge in [0.25, 0.3) is 0 Å². The van der Waals surface area contributed by atoms with E-state index in [0.717, 1.165) is 39.4 Å². The van der Waals surface area contributed by atoms with Crippen LogP contribution >= 0.6 is 0 Å². The molecule has 3 rings (SSSR count). The molecule has 1 saturated carbocycles. The van der Waals surface area contributed by atoms with Crippen LogP contribution in [-0.2, 0) is 9.53 Å². The molecule has 7 nitrogen and oxygen atoms in total. The lowest BCUT2D eigenvalue weighted by Gasteiger charge is -2.30. The number of hydrogen-bond donors (Lipinski definition) is 1. The van der Waals surface area contributed by atoms with Crippen molar-refractivity contribution in [3.8, 4) is 0 Å². The molecule has 0 radical (unpaired) electrons. The Balaban J connectivity index is 1.40. The van der Waals surface area contributed by atoms with Crippen molar-refractivity contribution in [1.29, 1.82) is 0 Å². The quantitative estimate of drug-likeness (QED) is 0.724. The highest BCUT2D eigenvalue weighted by atomic mass is 16.5. The molecular weight excluding hydrogens is 284 g/mol. The topological polar surface area (TPSA) is 65.1 Å². The minimum absolute atomic E-state index is 0.0445. The summed E-state index contributed by atoms with van der Waals surface area (Å²) in [4.78, 5) is 29.5. The first-order valence-corrected chi connectivity index (χ1v) is 8.15. The normalized spacial score (nSPS) is 24.7. The molecule has 7 heteroatoms. The van der Waals surface area contributed by atoms with Gasteiger partial charge in [-0.3, -0.25) is 9.69 Å². The van der Waals surface area contributed by atoms with Gasteiger partial charge in [-0.1, -0.05) is 0 Å². The summed E-state index contributed by atoms with van der Waals surface area (Å²) in [6.07, 6.45) is 2.35. The van der Waals surface area contributed by atoms with E-state index in [-0.39, 0.29) is 23.9 Å². The summed E-state index contributed by atoms with van der Waals surface area (Å²) in [6.45, 7) is 6.89. The number of amides is 3. The molecule has 1 N–H and O–H groups in total. The average Bonchev–Trinajstić information content (AvgIpc) is 3.22. The molecule has 0 unspecified atom stereocenters. The summed E-state index contributed by atoms with van der Waals surface area (Å²) in [5.74, 6) is -0.0445. The van der Waals surface area contributed by atoms with E-state index in [1.807, 2.05) is 0 Å². The van der Waals surface area contributed by atoms with Gasteiger partial charge in [0.15, 0.2) is 0 Å². The molecule has 3 fully saturated rings. The summed E-state index contributed by atoms with van der Waals surface area (Å²) in [5.41, 5.74) is 0.249. The van der Waals surface area contributed by atoms with Gasteiger partial charge in [0.2, 0.25) is 5.91 Å². The summed E-state index contributed by atoms with van der Waals surface area (Å²) in [6, 6.07) is -0.0513. The zero-order valence-corrected chi connectivity index (χ0v) is 13.3. The molecule has 3 amide bonds. The largest absolute Gasteiger partial charge is 0.379 e. The van der Waals surface area contributed by atoms with Gasteiger partial charge in [-0.05, 0) is 12.8 Å². The van der Waals surface area contributed by atoms with Gasteiger partial charge in [-0.2, -0.15) is 0 Å². The molecular formula is C15H26N4O3. The molecule has 2 aliphatic heterocycles. The predicted molar refractivity (Wildman–Crippen MR) is 81.5 cm³/mol. The van der Waals surface area contributed by atoms with Gasteiger partial charge in [0.05, 0.1) is 13.2 Å². The first kappa shape index (κ1) is 15.6. The van der Waals surface area contributed by atoms with E-state index >= 15 is 0 Å². The van der Waals surface area contributed by atoms with Gasteiger partial charge >= 0.3 is 6.03 Å². The number of morpholine rings is 1. The van der Waals surface area contributed by atoms with E-state index in [1.165, 1.54) is 12.8 Å². The minimum Gasteiger partial charge on any atom is -0.379 e. The number of nitrogens with one attached hydrogen (secondary N) is 1. The molecule has 0 aromatic carbocycles.